The van der Waals surface area contributed by atoms with Crippen molar-refractivity contribution in [2.75, 3.05) is 0 Å². The van der Waals surface area contributed by atoms with Crippen LogP contribution in [0.4, 0.5) is 0 Å². The van der Waals surface area contributed by atoms with E-state index < -0.39 is 11.6 Å². The van der Waals surface area contributed by atoms with Crippen molar-refractivity contribution in [3.05, 3.63) is 40.4 Å². The molecule has 0 unspecified atom stereocenters. The molecular weight excluding hydrogens is 238 g/mol. The average molecular weight is 248 g/mol. The molecule has 0 saturated carbocycles. The third kappa shape index (κ3) is 1.92. The molecule has 17 heavy (non-hydrogen) atoms. The summed E-state index contributed by atoms with van der Waals surface area (Å²) < 4.78 is 5.18. The zero-order chi connectivity index (χ0) is 12.6. The Balaban J connectivity index is 2.62. The molecule has 0 spiro atoms. The Labute approximate surface area is 104 Å². The number of cyclic esters (lactones) is 1. The first-order valence-electron chi connectivity index (χ1n) is 5.10. The molecule has 0 bridgehead atoms. The van der Waals surface area contributed by atoms with Gasteiger partial charge in [0.15, 0.2) is 0 Å². The number of carbonyl (C=O) groups excluding carboxylic acids is 1. The summed E-state index contributed by atoms with van der Waals surface area (Å²) in [4.78, 5) is 11.5. The van der Waals surface area contributed by atoms with Crippen molar-refractivity contribution in [3.63, 3.8) is 0 Å². The number of ether oxygens (including phenoxy) is 1. The molecule has 3 nitrogen and oxygen atoms in total. The molecule has 0 fully saturated rings. The van der Waals surface area contributed by atoms with Gasteiger partial charge in [0.1, 0.15) is 17.2 Å². The van der Waals surface area contributed by atoms with Gasteiger partial charge in [-0.2, -0.15) is 5.26 Å². The molecule has 86 valence electrons. The maximum Gasteiger partial charge on any atom is 0.350 e. The molecular formula is C13H10ClNO2. The Morgan fingerprint density at radius 3 is 2.41 bits per heavy atom. The Kier molecular flexibility index (Phi) is 2.68. The zero-order valence-electron chi connectivity index (χ0n) is 9.45. The topological polar surface area (TPSA) is 50.1 Å². The van der Waals surface area contributed by atoms with Gasteiger partial charge in [0.25, 0.3) is 0 Å². The number of carbonyl (C=O) groups is 1. The molecule has 2 rings (SSSR count). The number of hydrogen-bond donors (Lipinski definition) is 0. The molecule has 0 saturated heterocycles. The zero-order valence-corrected chi connectivity index (χ0v) is 10.2. The van der Waals surface area contributed by atoms with Gasteiger partial charge in [-0.25, -0.2) is 4.79 Å². The van der Waals surface area contributed by atoms with Gasteiger partial charge in [0, 0.05) is 10.6 Å². The van der Waals surface area contributed by atoms with E-state index in [9.17, 15) is 4.79 Å². The minimum absolute atomic E-state index is 0.0670. The maximum absolute atomic E-state index is 11.5. The molecule has 1 aliphatic heterocycles. The fourth-order valence-electron chi connectivity index (χ4n) is 1.95. The minimum atomic E-state index is -0.782. The lowest BCUT2D eigenvalue weighted by molar-refractivity contribution is -0.143. The fourth-order valence-corrected chi connectivity index (χ4v) is 2.07. The van der Waals surface area contributed by atoms with E-state index in [-0.39, 0.29) is 5.57 Å². The summed E-state index contributed by atoms with van der Waals surface area (Å²) in [7, 11) is 0. The minimum Gasteiger partial charge on any atom is -0.451 e. The third-order valence-corrected chi connectivity index (χ3v) is 2.90. The van der Waals surface area contributed by atoms with Crippen LogP contribution in [0.15, 0.2) is 29.8 Å². The van der Waals surface area contributed by atoms with Crippen LogP contribution in [-0.4, -0.2) is 11.6 Å². The van der Waals surface area contributed by atoms with Crippen LogP contribution < -0.4 is 0 Å². The SMILES string of the molecule is CC1(C)OC(=O)C(C#N)=C1c1ccc(Cl)cc1. The van der Waals surface area contributed by atoms with Gasteiger partial charge in [-0.3, -0.25) is 0 Å². The second-order valence-corrected chi connectivity index (χ2v) is 4.70. The van der Waals surface area contributed by atoms with Crippen molar-refractivity contribution in [1.82, 2.24) is 0 Å². The number of rotatable bonds is 1. The van der Waals surface area contributed by atoms with Gasteiger partial charge in [-0.1, -0.05) is 23.7 Å². The summed E-state index contributed by atoms with van der Waals surface area (Å²) in [5.41, 5.74) is 0.677. The molecule has 0 N–H and O–H groups in total. The predicted octanol–water partition coefficient (Wildman–Crippen LogP) is 2.95. The lowest BCUT2D eigenvalue weighted by Crippen LogP contribution is -2.22. The lowest BCUT2D eigenvalue weighted by Gasteiger charge is -2.21. The van der Waals surface area contributed by atoms with Gasteiger partial charge in [0.05, 0.1) is 0 Å². The van der Waals surface area contributed by atoms with Gasteiger partial charge < -0.3 is 4.74 Å². The number of nitrogens with zero attached hydrogens (tertiary/aromatic N) is 1. The van der Waals surface area contributed by atoms with Crippen molar-refractivity contribution in [3.8, 4) is 6.07 Å². The van der Waals surface area contributed by atoms with Gasteiger partial charge in [-0.15, -0.1) is 0 Å². The van der Waals surface area contributed by atoms with Gasteiger partial charge in [-0.05, 0) is 31.5 Å². The number of esters is 1. The highest BCUT2D eigenvalue weighted by Gasteiger charge is 2.41. The molecule has 0 radical (unpaired) electrons. The number of nitriles is 1. The van der Waals surface area contributed by atoms with E-state index in [4.69, 9.17) is 21.6 Å². The Morgan fingerprint density at radius 2 is 1.88 bits per heavy atom. The standard InChI is InChI=1S/C13H10ClNO2/c1-13(2)11(10(7-15)12(16)17-13)8-3-5-9(14)6-4-8/h3-6H,1-2H3. The van der Waals surface area contributed by atoms with Crippen LogP contribution in [0.5, 0.6) is 0 Å². The van der Waals surface area contributed by atoms with E-state index in [1.165, 1.54) is 0 Å². The Morgan fingerprint density at radius 1 is 1.29 bits per heavy atom. The quantitative estimate of drug-likeness (QED) is 0.717. The molecule has 0 aromatic heterocycles. The largest absolute Gasteiger partial charge is 0.451 e. The van der Waals surface area contributed by atoms with Crippen molar-refractivity contribution in [2.24, 2.45) is 0 Å². The van der Waals surface area contributed by atoms with Gasteiger partial charge in [0.2, 0.25) is 0 Å². The van der Waals surface area contributed by atoms with Crippen molar-refractivity contribution >= 4 is 23.1 Å². The highest BCUT2D eigenvalue weighted by atomic mass is 35.5. The number of hydrogen-bond acceptors (Lipinski definition) is 3. The van der Waals surface area contributed by atoms with Crippen LogP contribution in [-0.2, 0) is 9.53 Å². The van der Waals surface area contributed by atoms with E-state index in [0.717, 1.165) is 5.56 Å². The normalized spacial score (nSPS) is 17.9. The number of benzene rings is 1. The summed E-state index contributed by atoms with van der Waals surface area (Å²) in [6.45, 7) is 3.53. The van der Waals surface area contributed by atoms with Crippen LogP contribution in [0.25, 0.3) is 5.57 Å². The van der Waals surface area contributed by atoms with Crippen molar-refractivity contribution in [2.45, 2.75) is 19.4 Å². The summed E-state index contributed by atoms with van der Waals surface area (Å²) in [5, 5.41) is 9.63. The molecule has 1 aromatic carbocycles. The summed E-state index contributed by atoms with van der Waals surface area (Å²) >= 11 is 5.81. The van der Waals surface area contributed by atoms with Crippen LogP contribution in [0.3, 0.4) is 0 Å². The molecule has 1 aliphatic rings. The molecule has 4 heteroatoms. The third-order valence-electron chi connectivity index (χ3n) is 2.65. The molecule has 0 aliphatic carbocycles. The molecule has 1 aromatic rings. The lowest BCUT2D eigenvalue weighted by atomic mass is 9.89. The second kappa shape index (κ2) is 3.90. The molecule has 0 amide bonds. The second-order valence-electron chi connectivity index (χ2n) is 4.27. The highest BCUT2D eigenvalue weighted by Crippen LogP contribution is 2.39. The van der Waals surface area contributed by atoms with Crippen molar-refractivity contribution in [1.29, 1.82) is 5.26 Å². The predicted molar refractivity (Wildman–Crippen MR) is 64.2 cm³/mol. The Hall–Kier alpha value is -1.79. The fraction of sp³-hybridized carbons (Fsp3) is 0.231. The summed E-state index contributed by atoms with van der Waals surface area (Å²) in [6.07, 6.45) is 0. The van der Waals surface area contributed by atoms with Crippen LogP contribution in [0.2, 0.25) is 5.02 Å². The van der Waals surface area contributed by atoms with E-state index >= 15 is 0 Å². The summed E-state index contributed by atoms with van der Waals surface area (Å²) in [5.74, 6) is -0.567. The Bertz CT molecular complexity index is 550. The van der Waals surface area contributed by atoms with Crippen LogP contribution in [0, 0.1) is 11.3 Å². The maximum atomic E-state index is 11.5. The first kappa shape index (κ1) is 11.7. The average Bonchev–Trinajstić information content (AvgIpc) is 2.49. The van der Waals surface area contributed by atoms with Crippen LogP contribution in [0.1, 0.15) is 19.4 Å². The van der Waals surface area contributed by atoms with E-state index in [2.05, 4.69) is 0 Å². The van der Waals surface area contributed by atoms with E-state index in [1.807, 2.05) is 6.07 Å². The highest BCUT2D eigenvalue weighted by molar-refractivity contribution is 6.30. The molecule has 0 atom stereocenters. The monoisotopic (exact) mass is 247 g/mol. The first-order valence-corrected chi connectivity index (χ1v) is 5.47. The smallest absolute Gasteiger partial charge is 0.350 e. The summed E-state index contributed by atoms with van der Waals surface area (Å²) in [6, 6.07) is 8.90. The van der Waals surface area contributed by atoms with Crippen LogP contribution >= 0.6 is 11.6 Å². The van der Waals surface area contributed by atoms with E-state index in [1.54, 1.807) is 38.1 Å². The number of halogens is 1. The first-order chi connectivity index (χ1) is 7.95. The van der Waals surface area contributed by atoms with E-state index in [0.29, 0.717) is 10.6 Å². The molecule has 1 heterocycles. The van der Waals surface area contributed by atoms with Crippen molar-refractivity contribution < 1.29 is 9.53 Å². The van der Waals surface area contributed by atoms with Gasteiger partial charge >= 0.3 is 5.97 Å².